The highest BCUT2D eigenvalue weighted by Gasteiger charge is 2.28. The summed E-state index contributed by atoms with van der Waals surface area (Å²) in [7, 11) is -3.34. The zero-order chi connectivity index (χ0) is 13.9. The number of sulfonamides is 1. The maximum absolute atomic E-state index is 12.4. The van der Waals surface area contributed by atoms with Crippen molar-refractivity contribution in [2.24, 2.45) is 0 Å². The largest absolute Gasteiger partial charge is 0.243 e. The molecule has 19 heavy (non-hydrogen) atoms. The fourth-order valence-corrected chi connectivity index (χ4v) is 4.00. The van der Waals surface area contributed by atoms with Gasteiger partial charge in [0.15, 0.2) is 0 Å². The molecule has 1 aromatic carbocycles. The standard InChI is InChI=1S/C14H20ClNO2S/c1-2-3-12-4-6-14(7-5-12)19(17,18)16-10-8-13(15)9-11-16/h4-7,13H,2-3,8-11H2,1H3. The Bertz CT molecular complexity index is 505. The molecule has 0 unspecified atom stereocenters. The second-order valence-electron chi connectivity index (χ2n) is 4.97. The summed E-state index contributed by atoms with van der Waals surface area (Å²) >= 11 is 6.01. The average molecular weight is 302 g/mol. The van der Waals surface area contributed by atoms with E-state index in [-0.39, 0.29) is 5.38 Å². The van der Waals surface area contributed by atoms with Crippen LogP contribution in [0.5, 0.6) is 0 Å². The molecule has 1 aliphatic rings. The van der Waals surface area contributed by atoms with Gasteiger partial charge in [-0.15, -0.1) is 11.6 Å². The van der Waals surface area contributed by atoms with Crippen molar-refractivity contribution in [1.82, 2.24) is 4.31 Å². The average Bonchev–Trinajstić information content (AvgIpc) is 2.40. The van der Waals surface area contributed by atoms with Gasteiger partial charge in [0.2, 0.25) is 10.0 Å². The summed E-state index contributed by atoms with van der Waals surface area (Å²) in [5.41, 5.74) is 1.18. The molecule has 0 amide bonds. The SMILES string of the molecule is CCCc1ccc(S(=O)(=O)N2CCC(Cl)CC2)cc1. The van der Waals surface area contributed by atoms with Crippen molar-refractivity contribution >= 4 is 21.6 Å². The number of piperidine rings is 1. The van der Waals surface area contributed by atoms with Gasteiger partial charge in [0.05, 0.1) is 4.90 Å². The molecule has 0 atom stereocenters. The molecule has 1 saturated heterocycles. The van der Waals surface area contributed by atoms with E-state index < -0.39 is 10.0 Å². The Balaban J connectivity index is 2.15. The quantitative estimate of drug-likeness (QED) is 0.802. The van der Waals surface area contributed by atoms with Crippen molar-refractivity contribution in [3.63, 3.8) is 0 Å². The van der Waals surface area contributed by atoms with Crippen LogP contribution < -0.4 is 0 Å². The first-order valence-corrected chi connectivity index (χ1v) is 8.65. The molecule has 1 aliphatic heterocycles. The van der Waals surface area contributed by atoms with Crippen LogP contribution in [0.15, 0.2) is 29.2 Å². The summed E-state index contributed by atoms with van der Waals surface area (Å²) in [6.45, 7) is 3.15. The van der Waals surface area contributed by atoms with E-state index in [0.29, 0.717) is 18.0 Å². The minimum Gasteiger partial charge on any atom is -0.207 e. The molecule has 3 nitrogen and oxygen atoms in total. The number of aryl methyl sites for hydroxylation is 1. The number of hydrogen-bond donors (Lipinski definition) is 0. The summed E-state index contributed by atoms with van der Waals surface area (Å²) in [6, 6.07) is 7.25. The summed E-state index contributed by atoms with van der Waals surface area (Å²) < 4.78 is 26.4. The molecule has 0 saturated carbocycles. The van der Waals surface area contributed by atoms with E-state index in [2.05, 4.69) is 6.92 Å². The lowest BCUT2D eigenvalue weighted by molar-refractivity contribution is 0.350. The number of hydrogen-bond acceptors (Lipinski definition) is 2. The molecule has 1 heterocycles. The molecular formula is C14H20ClNO2S. The fraction of sp³-hybridized carbons (Fsp3) is 0.571. The highest BCUT2D eigenvalue weighted by Crippen LogP contribution is 2.23. The maximum Gasteiger partial charge on any atom is 0.243 e. The Morgan fingerprint density at radius 3 is 2.32 bits per heavy atom. The Morgan fingerprint density at radius 2 is 1.79 bits per heavy atom. The molecule has 0 bridgehead atoms. The molecular weight excluding hydrogens is 282 g/mol. The van der Waals surface area contributed by atoms with Gasteiger partial charge in [0, 0.05) is 18.5 Å². The third-order valence-electron chi connectivity index (χ3n) is 3.48. The van der Waals surface area contributed by atoms with Crippen LogP contribution in [0, 0.1) is 0 Å². The molecule has 0 aromatic heterocycles. The van der Waals surface area contributed by atoms with Gasteiger partial charge in [-0.1, -0.05) is 25.5 Å². The lowest BCUT2D eigenvalue weighted by Gasteiger charge is -2.28. The summed E-state index contributed by atoms with van der Waals surface area (Å²) in [5, 5.41) is 0.110. The lowest BCUT2D eigenvalue weighted by atomic mass is 10.1. The first kappa shape index (κ1) is 14.8. The predicted octanol–water partition coefficient (Wildman–Crippen LogP) is 3.03. The van der Waals surface area contributed by atoms with Gasteiger partial charge < -0.3 is 0 Å². The minimum atomic E-state index is -3.34. The van der Waals surface area contributed by atoms with Crippen LogP contribution in [0.25, 0.3) is 0 Å². The van der Waals surface area contributed by atoms with Crippen LogP contribution in [-0.2, 0) is 16.4 Å². The third-order valence-corrected chi connectivity index (χ3v) is 5.83. The number of rotatable bonds is 4. The Hall–Kier alpha value is -0.580. The number of benzene rings is 1. The van der Waals surface area contributed by atoms with Crippen molar-refractivity contribution in [3.8, 4) is 0 Å². The molecule has 2 rings (SSSR count). The molecule has 0 spiro atoms. The van der Waals surface area contributed by atoms with Crippen LogP contribution in [0.2, 0.25) is 0 Å². The topological polar surface area (TPSA) is 37.4 Å². The normalized spacial score (nSPS) is 18.6. The molecule has 0 radical (unpaired) electrons. The van der Waals surface area contributed by atoms with Crippen molar-refractivity contribution in [2.45, 2.75) is 42.9 Å². The van der Waals surface area contributed by atoms with Crippen LogP contribution in [0.4, 0.5) is 0 Å². The zero-order valence-electron chi connectivity index (χ0n) is 11.2. The molecule has 1 fully saturated rings. The Kier molecular flexibility index (Phi) is 4.87. The highest BCUT2D eigenvalue weighted by atomic mass is 35.5. The van der Waals surface area contributed by atoms with E-state index in [1.54, 1.807) is 16.4 Å². The van der Waals surface area contributed by atoms with Gasteiger partial charge in [-0.2, -0.15) is 4.31 Å². The second-order valence-corrected chi connectivity index (χ2v) is 7.53. The summed E-state index contributed by atoms with van der Waals surface area (Å²) in [6.07, 6.45) is 3.51. The Morgan fingerprint density at radius 1 is 1.21 bits per heavy atom. The summed E-state index contributed by atoms with van der Waals surface area (Å²) in [4.78, 5) is 0.389. The highest BCUT2D eigenvalue weighted by molar-refractivity contribution is 7.89. The molecule has 5 heteroatoms. The third kappa shape index (κ3) is 3.50. The van der Waals surface area contributed by atoms with Gasteiger partial charge in [-0.3, -0.25) is 0 Å². The second kappa shape index (κ2) is 6.25. The van der Waals surface area contributed by atoms with Gasteiger partial charge in [-0.05, 0) is 37.0 Å². The number of nitrogens with zero attached hydrogens (tertiary/aromatic N) is 1. The Labute approximate surface area is 120 Å². The van der Waals surface area contributed by atoms with Crippen LogP contribution in [-0.4, -0.2) is 31.2 Å². The monoisotopic (exact) mass is 301 g/mol. The van der Waals surface area contributed by atoms with Crippen LogP contribution in [0.1, 0.15) is 31.7 Å². The van der Waals surface area contributed by atoms with Crippen molar-refractivity contribution in [2.75, 3.05) is 13.1 Å². The van der Waals surface area contributed by atoms with E-state index in [1.165, 1.54) is 5.56 Å². The van der Waals surface area contributed by atoms with Crippen molar-refractivity contribution in [1.29, 1.82) is 0 Å². The van der Waals surface area contributed by atoms with E-state index >= 15 is 0 Å². The van der Waals surface area contributed by atoms with E-state index in [0.717, 1.165) is 25.7 Å². The van der Waals surface area contributed by atoms with E-state index in [9.17, 15) is 8.42 Å². The lowest BCUT2D eigenvalue weighted by Crippen LogP contribution is -2.38. The van der Waals surface area contributed by atoms with Gasteiger partial charge in [0.1, 0.15) is 0 Å². The number of alkyl halides is 1. The molecule has 0 aliphatic carbocycles. The molecule has 106 valence electrons. The first-order valence-electron chi connectivity index (χ1n) is 6.77. The smallest absolute Gasteiger partial charge is 0.207 e. The predicted molar refractivity (Wildman–Crippen MR) is 78.1 cm³/mol. The van der Waals surface area contributed by atoms with Gasteiger partial charge in [0.25, 0.3) is 0 Å². The van der Waals surface area contributed by atoms with Crippen LogP contribution >= 0.6 is 11.6 Å². The van der Waals surface area contributed by atoms with Gasteiger partial charge >= 0.3 is 0 Å². The zero-order valence-corrected chi connectivity index (χ0v) is 12.8. The van der Waals surface area contributed by atoms with Crippen molar-refractivity contribution in [3.05, 3.63) is 29.8 Å². The van der Waals surface area contributed by atoms with Gasteiger partial charge in [-0.25, -0.2) is 8.42 Å². The fourth-order valence-electron chi connectivity index (χ4n) is 2.33. The first-order chi connectivity index (χ1) is 9.04. The van der Waals surface area contributed by atoms with Crippen molar-refractivity contribution < 1.29 is 8.42 Å². The summed E-state index contributed by atoms with van der Waals surface area (Å²) in [5.74, 6) is 0. The van der Waals surface area contributed by atoms with E-state index in [4.69, 9.17) is 11.6 Å². The molecule has 0 N–H and O–H groups in total. The van der Waals surface area contributed by atoms with Crippen LogP contribution in [0.3, 0.4) is 0 Å². The molecule has 1 aromatic rings. The maximum atomic E-state index is 12.4. The van der Waals surface area contributed by atoms with E-state index in [1.807, 2.05) is 12.1 Å². The minimum absolute atomic E-state index is 0.110. The number of halogens is 1.